The largest absolute Gasteiger partial charge is 0.382 e. The van der Waals surface area contributed by atoms with E-state index in [1.807, 2.05) is 24.3 Å². The van der Waals surface area contributed by atoms with Crippen molar-refractivity contribution in [1.29, 1.82) is 0 Å². The Morgan fingerprint density at radius 3 is 2.30 bits per heavy atom. The van der Waals surface area contributed by atoms with Crippen molar-refractivity contribution in [3.63, 3.8) is 0 Å². The number of piperidine rings is 1. The molecule has 6 nitrogen and oxygen atoms in total. The third-order valence-corrected chi connectivity index (χ3v) is 4.85. The first-order valence-corrected chi connectivity index (χ1v) is 9.57. The molecule has 1 fully saturated rings. The summed E-state index contributed by atoms with van der Waals surface area (Å²) in [4.78, 5) is 26.4. The molecule has 0 atom stereocenters. The van der Waals surface area contributed by atoms with Gasteiger partial charge in [0, 0.05) is 31.8 Å². The molecular formula is C21H32N2O4. The second-order valence-electron chi connectivity index (χ2n) is 8.00. The van der Waals surface area contributed by atoms with Crippen LogP contribution in [0.4, 0.5) is 0 Å². The molecule has 1 aromatic rings. The number of rotatable bonds is 7. The SMILES string of the molecule is COCCOCC(=O)N1CCC(NC(=O)c2ccc(C(C)(C)C)cc2)CC1. The molecule has 1 aliphatic rings. The van der Waals surface area contributed by atoms with Gasteiger partial charge < -0.3 is 19.7 Å². The Kier molecular flexibility index (Phi) is 7.80. The van der Waals surface area contributed by atoms with Gasteiger partial charge in [-0.3, -0.25) is 9.59 Å². The molecule has 1 aromatic carbocycles. The average Bonchev–Trinajstić information content (AvgIpc) is 2.65. The number of likely N-dealkylation sites (tertiary alicyclic amines) is 1. The molecule has 0 unspecified atom stereocenters. The molecule has 6 heteroatoms. The summed E-state index contributed by atoms with van der Waals surface area (Å²) in [5.41, 5.74) is 1.95. The molecule has 0 aliphatic carbocycles. The van der Waals surface area contributed by atoms with Crippen molar-refractivity contribution >= 4 is 11.8 Å². The molecule has 0 bridgehead atoms. The Balaban J connectivity index is 1.76. The Bertz CT molecular complexity index is 614. The van der Waals surface area contributed by atoms with Crippen LogP contribution in [0, 0.1) is 0 Å². The average molecular weight is 376 g/mol. The smallest absolute Gasteiger partial charge is 0.251 e. The van der Waals surface area contributed by atoms with E-state index in [4.69, 9.17) is 9.47 Å². The van der Waals surface area contributed by atoms with Gasteiger partial charge in [0.1, 0.15) is 6.61 Å². The van der Waals surface area contributed by atoms with Crippen molar-refractivity contribution in [3.8, 4) is 0 Å². The van der Waals surface area contributed by atoms with Crippen molar-refractivity contribution in [2.75, 3.05) is 40.0 Å². The molecule has 0 spiro atoms. The Hall–Kier alpha value is -1.92. The van der Waals surface area contributed by atoms with E-state index >= 15 is 0 Å². The lowest BCUT2D eigenvalue weighted by molar-refractivity contribution is -0.137. The summed E-state index contributed by atoms with van der Waals surface area (Å²) in [5.74, 6) is -0.0585. The maximum absolute atomic E-state index is 12.5. The molecular weight excluding hydrogens is 344 g/mol. The minimum atomic E-state index is -0.0527. The number of hydrogen-bond acceptors (Lipinski definition) is 4. The molecule has 1 N–H and O–H groups in total. The monoisotopic (exact) mass is 376 g/mol. The number of nitrogens with zero attached hydrogens (tertiary/aromatic N) is 1. The Morgan fingerprint density at radius 1 is 1.11 bits per heavy atom. The maximum Gasteiger partial charge on any atom is 0.251 e. The first-order valence-electron chi connectivity index (χ1n) is 9.57. The summed E-state index contributed by atoms with van der Waals surface area (Å²) in [7, 11) is 1.60. The Morgan fingerprint density at radius 2 is 1.74 bits per heavy atom. The molecule has 0 aromatic heterocycles. The zero-order chi connectivity index (χ0) is 19.9. The van der Waals surface area contributed by atoms with E-state index in [-0.39, 0.29) is 29.9 Å². The molecule has 150 valence electrons. The predicted molar refractivity (Wildman–Crippen MR) is 105 cm³/mol. The van der Waals surface area contributed by atoms with Crippen LogP contribution in [0.25, 0.3) is 0 Å². The maximum atomic E-state index is 12.5. The van der Waals surface area contributed by atoms with Crippen molar-refractivity contribution in [1.82, 2.24) is 10.2 Å². The lowest BCUT2D eigenvalue weighted by Crippen LogP contribution is -2.47. The number of methoxy groups -OCH3 is 1. The predicted octanol–water partition coefficient (Wildman–Crippen LogP) is 2.37. The molecule has 0 saturated carbocycles. The van der Waals surface area contributed by atoms with E-state index in [1.165, 1.54) is 5.56 Å². The highest BCUT2D eigenvalue weighted by Crippen LogP contribution is 2.22. The van der Waals surface area contributed by atoms with Gasteiger partial charge in [-0.15, -0.1) is 0 Å². The van der Waals surface area contributed by atoms with Gasteiger partial charge in [-0.2, -0.15) is 0 Å². The Labute approximate surface area is 162 Å². The number of amides is 2. The number of benzene rings is 1. The quantitative estimate of drug-likeness (QED) is 0.742. The molecule has 1 saturated heterocycles. The third kappa shape index (κ3) is 6.63. The van der Waals surface area contributed by atoms with Gasteiger partial charge >= 0.3 is 0 Å². The number of carbonyl (C=O) groups excluding carboxylic acids is 2. The van der Waals surface area contributed by atoms with Crippen molar-refractivity contribution in [3.05, 3.63) is 35.4 Å². The van der Waals surface area contributed by atoms with Crippen LogP contribution in [0.5, 0.6) is 0 Å². The number of nitrogens with one attached hydrogen (secondary N) is 1. The number of carbonyl (C=O) groups is 2. The van der Waals surface area contributed by atoms with Crippen LogP contribution in [-0.2, 0) is 19.7 Å². The van der Waals surface area contributed by atoms with E-state index < -0.39 is 0 Å². The lowest BCUT2D eigenvalue weighted by Gasteiger charge is -2.32. The van der Waals surface area contributed by atoms with Crippen LogP contribution in [0.1, 0.15) is 49.5 Å². The zero-order valence-corrected chi connectivity index (χ0v) is 16.9. The number of hydrogen-bond donors (Lipinski definition) is 1. The summed E-state index contributed by atoms with van der Waals surface area (Å²) in [6.45, 7) is 8.72. The normalized spacial score (nSPS) is 15.6. The van der Waals surface area contributed by atoms with Crippen LogP contribution in [0.2, 0.25) is 0 Å². The van der Waals surface area contributed by atoms with E-state index in [0.29, 0.717) is 31.9 Å². The standard InChI is InChI=1S/C21H32N2O4/c1-21(2,3)17-7-5-16(6-8-17)20(25)22-18-9-11-23(12-10-18)19(24)15-27-14-13-26-4/h5-8,18H,9-15H2,1-4H3,(H,22,25). The zero-order valence-electron chi connectivity index (χ0n) is 16.9. The van der Waals surface area contributed by atoms with Crippen LogP contribution >= 0.6 is 0 Å². The van der Waals surface area contributed by atoms with Crippen LogP contribution < -0.4 is 5.32 Å². The topological polar surface area (TPSA) is 67.9 Å². The van der Waals surface area contributed by atoms with Crippen molar-refractivity contribution < 1.29 is 19.1 Å². The van der Waals surface area contributed by atoms with Gasteiger partial charge in [0.2, 0.25) is 5.91 Å². The second kappa shape index (κ2) is 9.85. The lowest BCUT2D eigenvalue weighted by atomic mass is 9.86. The summed E-state index contributed by atoms with van der Waals surface area (Å²) in [5, 5.41) is 3.09. The fourth-order valence-corrected chi connectivity index (χ4v) is 3.06. The van der Waals surface area contributed by atoms with Gasteiger partial charge in [-0.1, -0.05) is 32.9 Å². The molecule has 1 aliphatic heterocycles. The van der Waals surface area contributed by atoms with Gasteiger partial charge in [-0.05, 0) is 36.0 Å². The summed E-state index contributed by atoms with van der Waals surface area (Å²) >= 11 is 0. The van der Waals surface area contributed by atoms with Crippen LogP contribution in [0.3, 0.4) is 0 Å². The van der Waals surface area contributed by atoms with Crippen LogP contribution in [0.15, 0.2) is 24.3 Å². The molecule has 1 heterocycles. The van der Waals surface area contributed by atoms with E-state index in [1.54, 1.807) is 12.0 Å². The van der Waals surface area contributed by atoms with Crippen LogP contribution in [-0.4, -0.2) is 62.8 Å². The van der Waals surface area contributed by atoms with Gasteiger partial charge in [-0.25, -0.2) is 0 Å². The van der Waals surface area contributed by atoms with Crippen molar-refractivity contribution in [2.24, 2.45) is 0 Å². The first-order chi connectivity index (χ1) is 12.8. The summed E-state index contributed by atoms with van der Waals surface area (Å²) in [6.07, 6.45) is 1.52. The summed E-state index contributed by atoms with van der Waals surface area (Å²) < 4.78 is 10.2. The van der Waals surface area contributed by atoms with Crippen molar-refractivity contribution in [2.45, 2.75) is 45.1 Å². The van der Waals surface area contributed by atoms with E-state index in [9.17, 15) is 9.59 Å². The fraction of sp³-hybridized carbons (Fsp3) is 0.619. The van der Waals surface area contributed by atoms with E-state index in [0.717, 1.165) is 12.8 Å². The second-order valence-corrected chi connectivity index (χ2v) is 8.00. The third-order valence-electron chi connectivity index (χ3n) is 4.85. The minimum absolute atomic E-state index is 0.00588. The molecule has 2 amide bonds. The molecule has 2 rings (SSSR count). The van der Waals surface area contributed by atoms with Gasteiger partial charge in [0.05, 0.1) is 13.2 Å². The van der Waals surface area contributed by atoms with Gasteiger partial charge in [0.25, 0.3) is 5.91 Å². The number of ether oxygens (including phenoxy) is 2. The fourth-order valence-electron chi connectivity index (χ4n) is 3.06. The van der Waals surface area contributed by atoms with Gasteiger partial charge in [0.15, 0.2) is 0 Å². The first kappa shape index (κ1) is 21.4. The highest BCUT2D eigenvalue weighted by Gasteiger charge is 2.24. The molecule has 0 radical (unpaired) electrons. The van der Waals surface area contributed by atoms with E-state index in [2.05, 4.69) is 26.1 Å². The molecule has 27 heavy (non-hydrogen) atoms. The summed E-state index contributed by atoms with van der Waals surface area (Å²) in [6, 6.07) is 7.88. The minimum Gasteiger partial charge on any atom is -0.382 e. The highest BCUT2D eigenvalue weighted by molar-refractivity contribution is 5.94. The highest BCUT2D eigenvalue weighted by atomic mass is 16.5.